The van der Waals surface area contributed by atoms with Gasteiger partial charge in [-0.1, -0.05) is 24.3 Å². The van der Waals surface area contributed by atoms with Crippen molar-refractivity contribution in [3.8, 4) is 0 Å². The summed E-state index contributed by atoms with van der Waals surface area (Å²) in [7, 11) is 1.68. The van der Waals surface area contributed by atoms with Crippen LogP contribution in [0, 0.1) is 5.41 Å². The van der Waals surface area contributed by atoms with Crippen LogP contribution < -0.4 is 0 Å². The van der Waals surface area contributed by atoms with Crippen LogP contribution in [0.1, 0.15) is 24.0 Å². The number of nitrogens with one attached hydrogen (secondary N) is 1. The van der Waals surface area contributed by atoms with Crippen LogP contribution >= 0.6 is 0 Å². The quantitative estimate of drug-likeness (QED) is 0.731. The molecule has 0 atom stereocenters. The second kappa shape index (κ2) is 7.26. The molecule has 0 spiro atoms. The molecule has 0 radical (unpaired) electrons. The number of benzene rings is 1. The summed E-state index contributed by atoms with van der Waals surface area (Å²) in [5.41, 5.74) is 2.35. The molecule has 0 saturated carbocycles. The van der Waals surface area contributed by atoms with Gasteiger partial charge in [0.1, 0.15) is 5.84 Å². The van der Waals surface area contributed by atoms with Crippen LogP contribution in [0.4, 0.5) is 0 Å². The predicted molar refractivity (Wildman–Crippen MR) is 75.6 cm³/mol. The Labute approximate surface area is 114 Å². The molecule has 1 heterocycles. The number of hydrogen-bond donors (Lipinski definition) is 1. The maximum atomic E-state index is 8.14. The zero-order valence-corrected chi connectivity index (χ0v) is 11.5. The van der Waals surface area contributed by atoms with Crippen molar-refractivity contribution in [1.29, 1.82) is 5.41 Å². The van der Waals surface area contributed by atoms with Crippen LogP contribution in [0.5, 0.6) is 0 Å². The molecule has 1 aromatic rings. The number of nitrogens with zero attached hydrogens (tertiary/aromatic N) is 1. The second-order valence-corrected chi connectivity index (χ2v) is 4.74. The van der Waals surface area contributed by atoms with Gasteiger partial charge < -0.3 is 14.4 Å². The Morgan fingerprint density at radius 1 is 1.16 bits per heavy atom. The first-order chi connectivity index (χ1) is 9.33. The minimum absolute atomic E-state index is 0.659. The van der Waals surface area contributed by atoms with Gasteiger partial charge in [-0.05, 0) is 18.4 Å². The van der Waals surface area contributed by atoms with Crippen molar-refractivity contribution in [2.24, 2.45) is 0 Å². The van der Waals surface area contributed by atoms with Crippen molar-refractivity contribution in [3.05, 3.63) is 35.4 Å². The zero-order chi connectivity index (χ0) is 13.5. The molecule has 104 valence electrons. The molecule has 0 aliphatic carbocycles. The number of rotatable bonds is 8. The summed E-state index contributed by atoms with van der Waals surface area (Å²) in [4.78, 5) is 2.14. The first-order valence-electron chi connectivity index (χ1n) is 6.81. The predicted octanol–water partition coefficient (Wildman–Crippen LogP) is 2.27. The molecule has 0 amide bonds. The maximum Gasteiger partial charge on any atom is 0.128 e. The lowest BCUT2D eigenvalue weighted by Crippen LogP contribution is -2.25. The van der Waals surface area contributed by atoms with Gasteiger partial charge in [-0.15, -0.1) is 0 Å². The third-order valence-corrected chi connectivity index (χ3v) is 3.35. The van der Waals surface area contributed by atoms with Crippen LogP contribution in [0.2, 0.25) is 0 Å². The molecule has 4 heteroatoms. The van der Waals surface area contributed by atoms with E-state index in [0.29, 0.717) is 19.0 Å². The average molecular weight is 262 g/mol. The van der Waals surface area contributed by atoms with Crippen LogP contribution in [0.25, 0.3) is 0 Å². The Balaban J connectivity index is 1.65. The van der Waals surface area contributed by atoms with E-state index in [0.717, 1.165) is 38.1 Å². The van der Waals surface area contributed by atoms with Crippen molar-refractivity contribution >= 4 is 5.84 Å². The molecule has 0 unspecified atom stereocenters. The number of fused-ring (bicyclic) bond motifs is 1. The lowest BCUT2D eigenvalue weighted by atomic mass is 10.1. The first kappa shape index (κ1) is 14.0. The monoisotopic (exact) mass is 262 g/mol. The largest absolute Gasteiger partial charge is 0.382 e. The molecular formula is C15H22N2O2. The molecule has 4 nitrogen and oxygen atoms in total. The molecular weight excluding hydrogens is 240 g/mol. The van der Waals surface area contributed by atoms with Gasteiger partial charge in [0.05, 0.1) is 13.2 Å². The molecule has 2 rings (SSSR count). The van der Waals surface area contributed by atoms with Crippen molar-refractivity contribution < 1.29 is 9.47 Å². The van der Waals surface area contributed by atoms with Gasteiger partial charge in [0.15, 0.2) is 0 Å². The van der Waals surface area contributed by atoms with Crippen molar-refractivity contribution in [1.82, 2.24) is 4.90 Å². The Morgan fingerprint density at radius 2 is 2.00 bits per heavy atom. The molecule has 1 aliphatic heterocycles. The molecule has 0 saturated heterocycles. The number of hydrogen-bond acceptors (Lipinski definition) is 3. The summed E-state index contributed by atoms with van der Waals surface area (Å²) in [6, 6.07) is 8.18. The van der Waals surface area contributed by atoms with Gasteiger partial charge in [-0.25, -0.2) is 0 Å². The van der Waals surface area contributed by atoms with Crippen molar-refractivity contribution in [2.75, 3.05) is 33.5 Å². The standard InChI is InChI=1S/C15H22N2O2/c1-18-10-11-19-9-5-4-8-17-12-13-6-2-3-7-14(13)15(17)16/h2-3,6-7,16H,4-5,8-12H2,1H3. The third-order valence-electron chi connectivity index (χ3n) is 3.35. The molecule has 1 aromatic carbocycles. The van der Waals surface area contributed by atoms with Crippen LogP contribution in [0.3, 0.4) is 0 Å². The number of ether oxygens (including phenoxy) is 2. The molecule has 1 aliphatic rings. The van der Waals surface area contributed by atoms with Gasteiger partial charge in [-0.2, -0.15) is 0 Å². The smallest absolute Gasteiger partial charge is 0.128 e. The molecule has 0 aromatic heterocycles. The summed E-state index contributed by atoms with van der Waals surface area (Å²) < 4.78 is 10.3. The summed E-state index contributed by atoms with van der Waals surface area (Å²) in [6.45, 7) is 3.91. The fourth-order valence-corrected chi connectivity index (χ4v) is 2.29. The van der Waals surface area contributed by atoms with Gasteiger partial charge in [0.2, 0.25) is 0 Å². The Hall–Kier alpha value is -1.39. The topological polar surface area (TPSA) is 45.6 Å². The average Bonchev–Trinajstić information content (AvgIpc) is 2.75. The van der Waals surface area contributed by atoms with Gasteiger partial charge in [0.25, 0.3) is 0 Å². The lowest BCUT2D eigenvalue weighted by molar-refractivity contribution is 0.0682. The zero-order valence-electron chi connectivity index (χ0n) is 11.5. The van der Waals surface area contributed by atoms with E-state index in [1.54, 1.807) is 7.11 Å². The molecule has 0 bridgehead atoms. The van der Waals surface area contributed by atoms with Gasteiger partial charge in [-0.3, -0.25) is 5.41 Å². The van der Waals surface area contributed by atoms with Crippen molar-refractivity contribution in [3.63, 3.8) is 0 Å². The highest BCUT2D eigenvalue weighted by Gasteiger charge is 2.22. The highest BCUT2D eigenvalue weighted by Crippen LogP contribution is 2.22. The second-order valence-electron chi connectivity index (χ2n) is 4.74. The summed E-state index contributed by atoms with van der Waals surface area (Å²) in [5.74, 6) is 0.663. The lowest BCUT2D eigenvalue weighted by Gasteiger charge is -2.17. The highest BCUT2D eigenvalue weighted by molar-refractivity contribution is 6.00. The number of unbranched alkanes of at least 4 members (excludes halogenated alkanes) is 1. The van der Waals surface area contributed by atoms with E-state index in [9.17, 15) is 0 Å². The Bertz CT molecular complexity index is 420. The highest BCUT2D eigenvalue weighted by atomic mass is 16.5. The van der Waals surface area contributed by atoms with E-state index in [4.69, 9.17) is 14.9 Å². The maximum absolute atomic E-state index is 8.14. The first-order valence-corrected chi connectivity index (χ1v) is 6.81. The Morgan fingerprint density at radius 3 is 2.79 bits per heavy atom. The molecule has 0 fully saturated rings. The van der Waals surface area contributed by atoms with Crippen LogP contribution in [-0.4, -0.2) is 44.2 Å². The third kappa shape index (κ3) is 3.78. The van der Waals surface area contributed by atoms with Gasteiger partial charge in [0, 0.05) is 32.4 Å². The van der Waals surface area contributed by atoms with E-state index in [2.05, 4.69) is 11.0 Å². The van der Waals surface area contributed by atoms with E-state index in [1.807, 2.05) is 18.2 Å². The summed E-state index contributed by atoms with van der Waals surface area (Å²) in [6.07, 6.45) is 2.09. The van der Waals surface area contributed by atoms with E-state index < -0.39 is 0 Å². The SMILES string of the molecule is COCCOCCCCN1Cc2ccccc2C1=N. The summed E-state index contributed by atoms with van der Waals surface area (Å²) in [5, 5.41) is 8.14. The van der Waals surface area contributed by atoms with Crippen molar-refractivity contribution in [2.45, 2.75) is 19.4 Å². The minimum atomic E-state index is 0.659. The van der Waals surface area contributed by atoms with Crippen LogP contribution in [0.15, 0.2) is 24.3 Å². The normalized spacial score (nSPS) is 13.9. The molecule has 19 heavy (non-hydrogen) atoms. The van der Waals surface area contributed by atoms with Gasteiger partial charge >= 0.3 is 0 Å². The fraction of sp³-hybridized carbons (Fsp3) is 0.533. The fourth-order valence-electron chi connectivity index (χ4n) is 2.29. The Kier molecular flexibility index (Phi) is 5.36. The number of amidine groups is 1. The van der Waals surface area contributed by atoms with E-state index in [-0.39, 0.29) is 0 Å². The van der Waals surface area contributed by atoms with E-state index >= 15 is 0 Å². The van der Waals surface area contributed by atoms with E-state index in [1.165, 1.54) is 5.56 Å². The number of methoxy groups -OCH3 is 1. The minimum Gasteiger partial charge on any atom is -0.382 e. The molecule has 1 N–H and O–H groups in total. The van der Waals surface area contributed by atoms with Crippen LogP contribution in [-0.2, 0) is 16.0 Å². The summed E-state index contributed by atoms with van der Waals surface area (Å²) >= 11 is 0.